The number of para-hydroxylation sites is 1. The van der Waals surface area contributed by atoms with Gasteiger partial charge in [-0.25, -0.2) is 5.43 Å². The summed E-state index contributed by atoms with van der Waals surface area (Å²) in [5, 5.41) is 15.9. The zero-order chi connectivity index (χ0) is 16.0. The Bertz CT molecular complexity index is 562. The first-order valence-corrected chi connectivity index (χ1v) is 6.26. The molecular weight excluding hydrogens is 274 g/mol. The molecule has 0 aliphatic heterocycles. The van der Waals surface area contributed by atoms with Crippen molar-refractivity contribution in [2.45, 2.75) is 26.3 Å². The lowest BCUT2D eigenvalue weighted by Gasteiger charge is -2.19. The Morgan fingerprint density at radius 1 is 1.29 bits per heavy atom. The number of nitrogens with zero attached hydrogens (tertiary/aromatic N) is 1. The summed E-state index contributed by atoms with van der Waals surface area (Å²) in [7, 11) is 1.43. The summed E-state index contributed by atoms with van der Waals surface area (Å²) in [4.78, 5) is 23.0. The number of carbonyl (C=O) groups excluding carboxylic acids is 2. The van der Waals surface area contributed by atoms with Gasteiger partial charge in [0.05, 0.1) is 13.3 Å². The molecule has 0 bridgehead atoms. The van der Waals surface area contributed by atoms with E-state index in [1.165, 1.54) is 13.3 Å². The van der Waals surface area contributed by atoms with Crippen LogP contribution in [-0.2, 0) is 9.59 Å². The van der Waals surface area contributed by atoms with E-state index in [2.05, 4.69) is 15.8 Å². The normalized spacial score (nSPS) is 11.2. The highest BCUT2D eigenvalue weighted by molar-refractivity contribution is 6.35. The molecule has 3 N–H and O–H groups in total. The van der Waals surface area contributed by atoms with Crippen LogP contribution in [0, 0.1) is 0 Å². The van der Waals surface area contributed by atoms with Crippen molar-refractivity contribution < 1.29 is 19.4 Å². The number of rotatable bonds is 3. The lowest BCUT2D eigenvalue weighted by molar-refractivity contribution is -0.140. The number of ether oxygens (including phenoxy) is 1. The number of benzene rings is 1. The molecule has 0 unspecified atom stereocenters. The molecule has 0 aliphatic rings. The van der Waals surface area contributed by atoms with E-state index in [1.54, 1.807) is 39.0 Å². The monoisotopic (exact) mass is 293 g/mol. The largest absolute Gasteiger partial charge is 0.504 e. The van der Waals surface area contributed by atoms with E-state index < -0.39 is 17.4 Å². The van der Waals surface area contributed by atoms with Crippen molar-refractivity contribution in [2.24, 2.45) is 5.10 Å². The summed E-state index contributed by atoms with van der Waals surface area (Å²) >= 11 is 0. The topological polar surface area (TPSA) is 100 Å². The van der Waals surface area contributed by atoms with Gasteiger partial charge in [-0.3, -0.25) is 9.59 Å². The molecule has 0 saturated carbocycles. The minimum atomic E-state index is -0.886. The number of nitrogens with one attached hydrogen (secondary N) is 2. The predicted molar refractivity (Wildman–Crippen MR) is 78.3 cm³/mol. The Morgan fingerprint density at radius 3 is 2.52 bits per heavy atom. The molecule has 1 rings (SSSR count). The van der Waals surface area contributed by atoms with E-state index in [1.807, 2.05) is 0 Å². The second kappa shape index (κ2) is 6.74. The van der Waals surface area contributed by atoms with E-state index in [0.29, 0.717) is 5.56 Å². The molecule has 2 amide bonds. The van der Waals surface area contributed by atoms with Gasteiger partial charge >= 0.3 is 11.8 Å². The summed E-state index contributed by atoms with van der Waals surface area (Å²) in [6.07, 6.45) is 1.22. The Balaban J connectivity index is 2.67. The van der Waals surface area contributed by atoms with Crippen LogP contribution >= 0.6 is 0 Å². The highest BCUT2D eigenvalue weighted by Gasteiger charge is 2.19. The van der Waals surface area contributed by atoms with E-state index in [9.17, 15) is 14.7 Å². The Kier molecular flexibility index (Phi) is 5.29. The fraction of sp³-hybridized carbons (Fsp3) is 0.357. The number of methoxy groups -OCH3 is 1. The zero-order valence-corrected chi connectivity index (χ0v) is 12.4. The van der Waals surface area contributed by atoms with Crippen LogP contribution in [0.3, 0.4) is 0 Å². The van der Waals surface area contributed by atoms with Gasteiger partial charge in [0, 0.05) is 11.1 Å². The van der Waals surface area contributed by atoms with Crippen molar-refractivity contribution in [3.8, 4) is 11.5 Å². The molecule has 1 aromatic carbocycles. The van der Waals surface area contributed by atoms with Gasteiger partial charge in [0.1, 0.15) is 0 Å². The van der Waals surface area contributed by atoms with Gasteiger partial charge in [0.2, 0.25) is 0 Å². The number of carbonyl (C=O) groups is 2. The van der Waals surface area contributed by atoms with Crippen LogP contribution in [0.4, 0.5) is 0 Å². The Morgan fingerprint density at radius 2 is 1.95 bits per heavy atom. The fourth-order valence-corrected chi connectivity index (χ4v) is 1.42. The van der Waals surface area contributed by atoms with Crippen LogP contribution in [0.15, 0.2) is 23.3 Å². The van der Waals surface area contributed by atoms with Crippen molar-refractivity contribution in [3.05, 3.63) is 23.8 Å². The van der Waals surface area contributed by atoms with Crippen molar-refractivity contribution in [1.82, 2.24) is 10.7 Å². The summed E-state index contributed by atoms with van der Waals surface area (Å²) in [5.74, 6) is -1.48. The van der Waals surface area contributed by atoms with E-state index in [4.69, 9.17) is 4.74 Å². The maximum atomic E-state index is 11.5. The highest BCUT2D eigenvalue weighted by Crippen LogP contribution is 2.27. The molecule has 21 heavy (non-hydrogen) atoms. The molecule has 0 atom stereocenters. The molecule has 0 spiro atoms. The third kappa shape index (κ3) is 5.13. The maximum Gasteiger partial charge on any atom is 0.329 e. The van der Waals surface area contributed by atoms with Crippen molar-refractivity contribution in [1.29, 1.82) is 0 Å². The third-order valence-corrected chi connectivity index (χ3v) is 2.31. The highest BCUT2D eigenvalue weighted by atomic mass is 16.5. The van der Waals surface area contributed by atoms with E-state index >= 15 is 0 Å². The number of hydrogen-bond acceptors (Lipinski definition) is 5. The zero-order valence-electron chi connectivity index (χ0n) is 12.4. The van der Waals surface area contributed by atoms with Crippen LogP contribution in [0.25, 0.3) is 0 Å². The first-order valence-electron chi connectivity index (χ1n) is 6.26. The standard InChI is InChI=1S/C14H19N3O4/c1-14(2,3)16-12(19)13(20)17-15-8-9-6-5-7-10(21-4)11(9)18/h5-8,18H,1-4H3,(H,16,19)(H,17,20)/b15-8-. The van der Waals surface area contributed by atoms with E-state index in [0.717, 1.165) is 0 Å². The first kappa shape index (κ1) is 16.5. The number of aromatic hydroxyl groups is 1. The Labute approximate surface area is 123 Å². The Hall–Kier alpha value is -2.57. The van der Waals surface area contributed by atoms with Gasteiger partial charge in [0.15, 0.2) is 11.5 Å². The lowest BCUT2D eigenvalue weighted by Crippen LogP contribution is -2.47. The van der Waals surface area contributed by atoms with Gasteiger partial charge in [-0.05, 0) is 32.9 Å². The third-order valence-electron chi connectivity index (χ3n) is 2.31. The molecule has 7 nitrogen and oxygen atoms in total. The van der Waals surface area contributed by atoms with Gasteiger partial charge in [-0.1, -0.05) is 6.07 Å². The summed E-state index contributed by atoms with van der Waals surface area (Å²) in [5.41, 5.74) is 1.93. The second-order valence-electron chi connectivity index (χ2n) is 5.30. The van der Waals surface area contributed by atoms with Gasteiger partial charge in [0.25, 0.3) is 0 Å². The SMILES string of the molecule is COc1cccc(/C=N\NC(=O)C(=O)NC(C)(C)C)c1O. The predicted octanol–water partition coefficient (Wildman–Crippen LogP) is 0.766. The van der Waals surface area contributed by atoms with Crippen LogP contribution in [0.5, 0.6) is 11.5 Å². The quantitative estimate of drug-likeness (QED) is 0.435. The lowest BCUT2D eigenvalue weighted by atomic mass is 10.1. The maximum absolute atomic E-state index is 11.5. The molecular formula is C14H19N3O4. The van der Waals surface area contributed by atoms with Crippen LogP contribution in [0.1, 0.15) is 26.3 Å². The minimum Gasteiger partial charge on any atom is -0.504 e. The number of hydrazone groups is 1. The van der Waals surface area contributed by atoms with Crippen LogP contribution in [0.2, 0.25) is 0 Å². The number of amides is 2. The average Bonchev–Trinajstić information content (AvgIpc) is 2.38. The van der Waals surface area contributed by atoms with Crippen LogP contribution < -0.4 is 15.5 Å². The van der Waals surface area contributed by atoms with Gasteiger partial charge < -0.3 is 15.2 Å². The molecule has 0 radical (unpaired) electrons. The summed E-state index contributed by atoms with van der Waals surface area (Å²) in [6, 6.07) is 4.83. The molecule has 0 heterocycles. The number of phenols is 1. The molecule has 7 heteroatoms. The smallest absolute Gasteiger partial charge is 0.329 e. The van der Waals surface area contributed by atoms with Crippen LogP contribution in [-0.4, -0.2) is 35.8 Å². The minimum absolute atomic E-state index is 0.0999. The second-order valence-corrected chi connectivity index (χ2v) is 5.30. The molecule has 0 aromatic heterocycles. The average molecular weight is 293 g/mol. The van der Waals surface area contributed by atoms with Crippen molar-refractivity contribution in [2.75, 3.05) is 7.11 Å². The number of hydrogen-bond donors (Lipinski definition) is 3. The molecule has 0 saturated heterocycles. The molecule has 1 aromatic rings. The van der Waals surface area contributed by atoms with Gasteiger partial charge in [-0.2, -0.15) is 5.10 Å². The molecule has 0 fully saturated rings. The first-order chi connectivity index (χ1) is 9.74. The summed E-state index contributed by atoms with van der Waals surface area (Å²) < 4.78 is 4.94. The van der Waals surface area contributed by atoms with Crippen molar-refractivity contribution in [3.63, 3.8) is 0 Å². The fourth-order valence-electron chi connectivity index (χ4n) is 1.42. The summed E-state index contributed by atoms with van der Waals surface area (Å²) in [6.45, 7) is 5.28. The van der Waals surface area contributed by atoms with Crippen molar-refractivity contribution >= 4 is 18.0 Å². The van der Waals surface area contributed by atoms with Gasteiger partial charge in [-0.15, -0.1) is 0 Å². The molecule has 0 aliphatic carbocycles. The number of phenolic OH excluding ortho intramolecular Hbond substituents is 1. The van der Waals surface area contributed by atoms with E-state index in [-0.39, 0.29) is 11.5 Å². The molecule has 114 valence electrons.